The van der Waals surface area contributed by atoms with E-state index in [0.717, 1.165) is 18.6 Å². The van der Waals surface area contributed by atoms with Gasteiger partial charge in [-0.1, -0.05) is 47.5 Å². The van der Waals surface area contributed by atoms with Crippen molar-refractivity contribution >= 4 is 0 Å². The van der Waals surface area contributed by atoms with Crippen LogP contribution >= 0.6 is 0 Å². The topological polar surface area (TPSA) is 21.3 Å². The third-order valence-corrected chi connectivity index (χ3v) is 3.95. The van der Waals surface area contributed by atoms with E-state index in [9.17, 15) is 0 Å². The molecule has 0 fully saturated rings. The Morgan fingerprint density at radius 1 is 1.00 bits per heavy atom. The Bertz CT molecular complexity index is 575. The van der Waals surface area contributed by atoms with Gasteiger partial charge in [0.2, 0.25) is 0 Å². The minimum atomic E-state index is 0.307. The lowest BCUT2D eigenvalue weighted by Gasteiger charge is -2.20. The first-order chi connectivity index (χ1) is 10.1. The molecule has 0 saturated heterocycles. The molecule has 0 spiro atoms. The molecule has 2 aromatic carbocycles. The number of aryl methyl sites for hydroxylation is 3. The number of hydrogen-bond donors (Lipinski definition) is 1. The summed E-state index contributed by atoms with van der Waals surface area (Å²) in [6, 6.07) is 15.5. The van der Waals surface area contributed by atoms with Gasteiger partial charge in [-0.25, -0.2) is 0 Å². The van der Waals surface area contributed by atoms with Gasteiger partial charge in [-0.3, -0.25) is 0 Å². The van der Waals surface area contributed by atoms with Gasteiger partial charge in [0.25, 0.3) is 0 Å². The Kier molecular flexibility index (Phi) is 5.40. The fourth-order valence-corrected chi connectivity index (χ4v) is 2.65. The lowest BCUT2D eigenvalue weighted by atomic mass is 9.96. The zero-order chi connectivity index (χ0) is 15.2. The second-order valence-corrected chi connectivity index (χ2v) is 5.61. The quantitative estimate of drug-likeness (QED) is 0.857. The predicted molar refractivity (Wildman–Crippen MR) is 89.0 cm³/mol. The molecule has 0 aromatic heterocycles. The average Bonchev–Trinajstić information content (AvgIpc) is 2.50. The molecule has 0 saturated carbocycles. The van der Waals surface area contributed by atoms with Gasteiger partial charge in [0, 0.05) is 11.6 Å². The van der Waals surface area contributed by atoms with E-state index in [2.05, 4.69) is 61.6 Å². The number of ether oxygens (including phenoxy) is 1. The highest BCUT2D eigenvalue weighted by atomic mass is 16.5. The highest BCUT2D eigenvalue weighted by molar-refractivity contribution is 5.39. The summed E-state index contributed by atoms with van der Waals surface area (Å²) in [5.74, 6) is 0.962. The summed E-state index contributed by atoms with van der Waals surface area (Å²) >= 11 is 0. The van der Waals surface area contributed by atoms with Gasteiger partial charge < -0.3 is 10.1 Å². The lowest BCUT2D eigenvalue weighted by Crippen LogP contribution is -2.18. The van der Waals surface area contributed by atoms with Crippen molar-refractivity contribution in [2.24, 2.45) is 0 Å². The van der Waals surface area contributed by atoms with Crippen LogP contribution in [0.2, 0.25) is 0 Å². The maximum atomic E-state index is 5.51. The molecule has 0 amide bonds. The summed E-state index contributed by atoms with van der Waals surface area (Å²) in [6.07, 6.45) is 2.11. The highest BCUT2D eigenvalue weighted by Crippen LogP contribution is 2.29. The van der Waals surface area contributed by atoms with Crippen LogP contribution in [-0.4, -0.2) is 14.2 Å². The van der Waals surface area contributed by atoms with Crippen molar-refractivity contribution in [3.8, 4) is 5.75 Å². The van der Waals surface area contributed by atoms with E-state index in [1.54, 1.807) is 7.11 Å². The predicted octanol–water partition coefficient (Wildman–Crippen LogP) is 4.21. The molecule has 0 bridgehead atoms. The van der Waals surface area contributed by atoms with E-state index >= 15 is 0 Å². The molecule has 2 nitrogen and oxygen atoms in total. The fourth-order valence-electron chi connectivity index (χ4n) is 2.65. The van der Waals surface area contributed by atoms with Crippen molar-refractivity contribution < 1.29 is 4.74 Å². The Morgan fingerprint density at radius 2 is 1.67 bits per heavy atom. The fraction of sp³-hybridized carbons (Fsp3) is 0.368. The van der Waals surface area contributed by atoms with Crippen molar-refractivity contribution in [1.29, 1.82) is 0 Å². The van der Waals surface area contributed by atoms with E-state index in [0.29, 0.717) is 6.04 Å². The van der Waals surface area contributed by atoms with Crippen LogP contribution < -0.4 is 10.1 Å². The summed E-state index contributed by atoms with van der Waals surface area (Å²) in [7, 11) is 3.75. The number of nitrogens with one attached hydrogen (secondary N) is 1. The minimum Gasteiger partial charge on any atom is -0.496 e. The van der Waals surface area contributed by atoms with Crippen LogP contribution in [0.15, 0.2) is 42.5 Å². The van der Waals surface area contributed by atoms with Crippen LogP contribution in [0, 0.1) is 13.8 Å². The highest BCUT2D eigenvalue weighted by Gasteiger charge is 2.14. The Morgan fingerprint density at radius 3 is 2.29 bits per heavy atom. The van der Waals surface area contributed by atoms with Crippen LogP contribution in [-0.2, 0) is 6.42 Å². The molecule has 1 unspecified atom stereocenters. The molecule has 2 aromatic rings. The molecular weight excluding hydrogens is 258 g/mol. The van der Waals surface area contributed by atoms with Crippen molar-refractivity contribution in [1.82, 2.24) is 5.32 Å². The first-order valence-corrected chi connectivity index (χ1v) is 7.51. The summed E-state index contributed by atoms with van der Waals surface area (Å²) in [5, 5.41) is 3.42. The summed E-state index contributed by atoms with van der Waals surface area (Å²) in [4.78, 5) is 0. The molecular formula is C19H25NO. The largest absolute Gasteiger partial charge is 0.496 e. The van der Waals surface area contributed by atoms with Gasteiger partial charge in [0.15, 0.2) is 0 Å². The third kappa shape index (κ3) is 4.08. The summed E-state index contributed by atoms with van der Waals surface area (Å²) < 4.78 is 5.51. The number of rotatable bonds is 6. The molecule has 1 atom stereocenters. The average molecular weight is 283 g/mol. The van der Waals surface area contributed by atoms with Crippen molar-refractivity contribution in [3.63, 3.8) is 0 Å². The van der Waals surface area contributed by atoms with E-state index in [4.69, 9.17) is 4.74 Å². The molecule has 112 valence electrons. The maximum absolute atomic E-state index is 5.51. The monoisotopic (exact) mass is 283 g/mol. The Labute approximate surface area is 128 Å². The molecule has 0 aliphatic heterocycles. The molecule has 2 heteroatoms. The number of benzene rings is 2. The van der Waals surface area contributed by atoms with Crippen LogP contribution in [0.4, 0.5) is 0 Å². The lowest BCUT2D eigenvalue weighted by molar-refractivity contribution is 0.398. The van der Waals surface area contributed by atoms with E-state index in [-0.39, 0.29) is 0 Å². The van der Waals surface area contributed by atoms with Gasteiger partial charge in [-0.05, 0) is 45.4 Å². The van der Waals surface area contributed by atoms with E-state index in [1.807, 2.05) is 7.05 Å². The van der Waals surface area contributed by atoms with Gasteiger partial charge in [-0.2, -0.15) is 0 Å². The van der Waals surface area contributed by atoms with E-state index < -0.39 is 0 Å². The molecule has 0 aliphatic rings. The maximum Gasteiger partial charge on any atom is 0.123 e. The zero-order valence-electron chi connectivity index (χ0n) is 13.4. The Balaban J connectivity index is 2.12. The summed E-state index contributed by atoms with van der Waals surface area (Å²) in [5.41, 5.74) is 5.20. The molecule has 0 radical (unpaired) electrons. The van der Waals surface area contributed by atoms with Crippen molar-refractivity contribution in [3.05, 3.63) is 64.7 Å². The van der Waals surface area contributed by atoms with Crippen LogP contribution in [0.3, 0.4) is 0 Å². The Hall–Kier alpha value is -1.80. The van der Waals surface area contributed by atoms with Crippen molar-refractivity contribution in [2.45, 2.75) is 32.7 Å². The van der Waals surface area contributed by atoms with Gasteiger partial charge >= 0.3 is 0 Å². The molecule has 21 heavy (non-hydrogen) atoms. The first kappa shape index (κ1) is 15.6. The number of hydrogen-bond acceptors (Lipinski definition) is 2. The van der Waals surface area contributed by atoms with Gasteiger partial charge in [0.05, 0.1) is 7.11 Å². The number of methoxy groups -OCH3 is 1. The SMILES string of the molecule is CNC(CCc1ccc(C)cc1)c1cc(C)ccc1OC. The molecule has 2 rings (SSSR count). The van der Waals surface area contributed by atoms with E-state index in [1.165, 1.54) is 22.3 Å². The second-order valence-electron chi connectivity index (χ2n) is 5.61. The zero-order valence-corrected chi connectivity index (χ0v) is 13.4. The first-order valence-electron chi connectivity index (χ1n) is 7.51. The van der Waals surface area contributed by atoms with Gasteiger partial charge in [-0.15, -0.1) is 0 Å². The smallest absolute Gasteiger partial charge is 0.123 e. The third-order valence-electron chi connectivity index (χ3n) is 3.95. The molecule has 0 aliphatic carbocycles. The van der Waals surface area contributed by atoms with Crippen LogP contribution in [0.1, 0.15) is 34.7 Å². The minimum absolute atomic E-state index is 0.307. The molecule has 0 heterocycles. The van der Waals surface area contributed by atoms with Crippen LogP contribution in [0.5, 0.6) is 5.75 Å². The van der Waals surface area contributed by atoms with Crippen molar-refractivity contribution in [2.75, 3.05) is 14.2 Å². The van der Waals surface area contributed by atoms with Crippen LogP contribution in [0.25, 0.3) is 0 Å². The summed E-state index contributed by atoms with van der Waals surface area (Å²) in [6.45, 7) is 4.24. The molecule has 1 N–H and O–H groups in total. The normalized spacial score (nSPS) is 12.2. The second kappa shape index (κ2) is 7.28. The van der Waals surface area contributed by atoms with Gasteiger partial charge in [0.1, 0.15) is 5.75 Å². The standard InChI is InChI=1S/C19H25NO/c1-14-5-8-16(9-6-14)10-11-18(20-3)17-13-15(2)7-12-19(17)21-4/h5-9,12-13,18,20H,10-11H2,1-4H3.